The monoisotopic (exact) mass is 214 g/mol. The topological polar surface area (TPSA) is 24.9 Å². The molecule has 0 aliphatic heterocycles. The first-order valence-electron chi connectivity index (χ1n) is 6.53. The summed E-state index contributed by atoms with van der Waals surface area (Å²) in [6.07, 6.45) is 4.51. The number of rotatable bonds is 2. The quantitative estimate of drug-likeness (QED) is 0.819. The lowest BCUT2D eigenvalue weighted by Crippen LogP contribution is -2.13. The Balaban J connectivity index is 1.51. The number of aromatic nitrogens is 1. The molecule has 3 saturated carbocycles. The van der Waals surface area contributed by atoms with Gasteiger partial charge in [-0.05, 0) is 62.0 Å². The predicted molar refractivity (Wildman–Crippen MR) is 64.2 cm³/mol. The van der Waals surface area contributed by atoms with Crippen molar-refractivity contribution in [2.45, 2.75) is 32.2 Å². The van der Waals surface area contributed by atoms with E-state index >= 15 is 0 Å². The first kappa shape index (κ1) is 9.03. The molecule has 16 heavy (non-hydrogen) atoms. The Morgan fingerprint density at radius 2 is 1.94 bits per heavy atom. The fraction of sp³-hybridized carbons (Fsp3) is 0.643. The second-order valence-corrected chi connectivity index (χ2v) is 5.82. The summed E-state index contributed by atoms with van der Waals surface area (Å²) in [5.74, 6) is 5.13. The number of nitrogens with zero attached hydrogens (tertiary/aromatic N) is 1. The molecular weight excluding hydrogens is 196 g/mol. The molecule has 1 N–H and O–H groups in total. The van der Waals surface area contributed by atoms with E-state index in [1.165, 1.54) is 19.3 Å². The Morgan fingerprint density at radius 3 is 2.62 bits per heavy atom. The zero-order valence-electron chi connectivity index (χ0n) is 9.69. The third-order valence-corrected chi connectivity index (χ3v) is 4.94. The van der Waals surface area contributed by atoms with Crippen molar-refractivity contribution in [2.24, 2.45) is 23.7 Å². The maximum atomic E-state index is 4.54. The van der Waals surface area contributed by atoms with Crippen LogP contribution in [0.15, 0.2) is 18.2 Å². The summed E-state index contributed by atoms with van der Waals surface area (Å²) in [6, 6.07) is 7.00. The Bertz CT molecular complexity index is 412. The molecule has 2 heteroatoms. The third-order valence-electron chi connectivity index (χ3n) is 4.94. The van der Waals surface area contributed by atoms with Crippen molar-refractivity contribution in [2.75, 3.05) is 5.32 Å². The van der Waals surface area contributed by atoms with Gasteiger partial charge in [0.25, 0.3) is 0 Å². The maximum absolute atomic E-state index is 4.54. The normalized spacial score (nSPS) is 43.2. The van der Waals surface area contributed by atoms with Gasteiger partial charge in [0.1, 0.15) is 5.82 Å². The van der Waals surface area contributed by atoms with E-state index < -0.39 is 0 Å². The highest BCUT2D eigenvalue weighted by Crippen LogP contribution is 2.66. The van der Waals surface area contributed by atoms with E-state index in [-0.39, 0.29) is 0 Å². The minimum absolute atomic E-state index is 0.751. The summed E-state index contributed by atoms with van der Waals surface area (Å²) in [7, 11) is 0. The predicted octanol–water partition coefficient (Wildman–Crippen LogP) is 2.85. The second kappa shape index (κ2) is 2.99. The summed E-state index contributed by atoms with van der Waals surface area (Å²) in [4.78, 5) is 4.54. The molecule has 0 amide bonds. The van der Waals surface area contributed by atoms with Crippen LogP contribution in [0.1, 0.15) is 25.0 Å². The van der Waals surface area contributed by atoms with E-state index in [0.29, 0.717) is 0 Å². The molecular formula is C14H18N2. The number of pyridine rings is 1. The van der Waals surface area contributed by atoms with Gasteiger partial charge in [-0.1, -0.05) is 6.07 Å². The molecule has 0 aromatic carbocycles. The molecule has 0 spiro atoms. The molecule has 4 unspecified atom stereocenters. The van der Waals surface area contributed by atoms with Crippen LogP contribution in [0.4, 0.5) is 5.82 Å². The van der Waals surface area contributed by atoms with Crippen LogP contribution in [0.5, 0.6) is 0 Å². The highest BCUT2D eigenvalue weighted by Gasteiger charge is 2.65. The smallest absolute Gasteiger partial charge is 0.126 e. The third kappa shape index (κ3) is 1.16. The van der Waals surface area contributed by atoms with Gasteiger partial charge in [-0.15, -0.1) is 0 Å². The highest BCUT2D eigenvalue weighted by atomic mass is 15.1. The Morgan fingerprint density at radius 1 is 1.19 bits per heavy atom. The number of fused-ring (bicyclic) bond motifs is 5. The van der Waals surface area contributed by atoms with E-state index in [9.17, 15) is 0 Å². The summed E-state index contributed by atoms with van der Waals surface area (Å²) < 4.78 is 0. The van der Waals surface area contributed by atoms with E-state index in [1.807, 2.05) is 0 Å². The van der Waals surface area contributed by atoms with Gasteiger partial charge >= 0.3 is 0 Å². The molecule has 84 valence electrons. The Labute approximate surface area is 96.5 Å². The number of aryl methyl sites for hydroxylation is 1. The van der Waals surface area contributed by atoms with Gasteiger partial charge < -0.3 is 5.32 Å². The summed E-state index contributed by atoms with van der Waals surface area (Å²) in [5.41, 5.74) is 1.11. The van der Waals surface area contributed by atoms with Crippen molar-refractivity contribution >= 4 is 5.82 Å². The van der Waals surface area contributed by atoms with Crippen molar-refractivity contribution in [3.8, 4) is 0 Å². The van der Waals surface area contributed by atoms with Gasteiger partial charge in [-0.2, -0.15) is 0 Å². The minimum Gasteiger partial charge on any atom is -0.367 e. The van der Waals surface area contributed by atoms with Crippen LogP contribution in [-0.2, 0) is 0 Å². The van der Waals surface area contributed by atoms with E-state index in [4.69, 9.17) is 0 Å². The van der Waals surface area contributed by atoms with Crippen LogP contribution in [0, 0.1) is 30.6 Å². The van der Waals surface area contributed by atoms with Crippen molar-refractivity contribution in [1.29, 1.82) is 0 Å². The molecule has 1 aromatic heterocycles. The van der Waals surface area contributed by atoms with E-state index in [2.05, 4.69) is 35.4 Å². The van der Waals surface area contributed by atoms with Crippen LogP contribution < -0.4 is 5.32 Å². The van der Waals surface area contributed by atoms with Gasteiger partial charge in [0.2, 0.25) is 0 Å². The second-order valence-electron chi connectivity index (χ2n) is 5.82. The van der Waals surface area contributed by atoms with Crippen molar-refractivity contribution in [3.63, 3.8) is 0 Å². The lowest BCUT2D eigenvalue weighted by atomic mass is 10.0. The van der Waals surface area contributed by atoms with Crippen LogP contribution in [0.3, 0.4) is 0 Å². The molecule has 0 radical (unpaired) electrons. The van der Waals surface area contributed by atoms with Gasteiger partial charge in [-0.25, -0.2) is 4.98 Å². The number of hydrogen-bond acceptors (Lipinski definition) is 2. The zero-order valence-corrected chi connectivity index (χ0v) is 9.69. The van der Waals surface area contributed by atoms with Gasteiger partial charge in [0.15, 0.2) is 0 Å². The summed E-state index contributed by atoms with van der Waals surface area (Å²) in [5, 5.41) is 3.65. The first-order valence-corrected chi connectivity index (χ1v) is 6.53. The standard InChI is InChI=1S/C14H18N2/c1-8-3-2-4-11(15-8)16-14-12-9-5-6-10(7-9)13(12)14/h2-4,9-10,12-14H,5-7H2,1H3,(H,15,16). The number of anilines is 1. The van der Waals surface area contributed by atoms with E-state index in [0.717, 1.165) is 41.2 Å². The fourth-order valence-electron chi connectivity index (χ4n) is 4.31. The van der Waals surface area contributed by atoms with Crippen molar-refractivity contribution in [1.82, 2.24) is 4.98 Å². The molecule has 3 fully saturated rings. The maximum Gasteiger partial charge on any atom is 0.126 e. The van der Waals surface area contributed by atoms with E-state index in [1.54, 1.807) is 0 Å². The Kier molecular flexibility index (Phi) is 1.69. The van der Waals surface area contributed by atoms with Crippen molar-refractivity contribution in [3.05, 3.63) is 23.9 Å². The lowest BCUT2D eigenvalue weighted by Gasteiger charge is -2.11. The molecule has 4 atom stereocenters. The average molecular weight is 214 g/mol. The molecule has 4 rings (SSSR count). The number of nitrogens with one attached hydrogen (secondary N) is 1. The lowest BCUT2D eigenvalue weighted by molar-refractivity contribution is 0.456. The molecule has 3 aliphatic carbocycles. The van der Waals surface area contributed by atoms with Crippen LogP contribution in [0.25, 0.3) is 0 Å². The van der Waals surface area contributed by atoms with Crippen molar-refractivity contribution < 1.29 is 0 Å². The Hall–Kier alpha value is -1.05. The fourth-order valence-corrected chi connectivity index (χ4v) is 4.31. The molecule has 0 saturated heterocycles. The van der Waals surface area contributed by atoms with Gasteiger partial charge in [0, 0.05) is 11.7 Å². The van der Waals surface area contributed by atoms with Crippen LogP contribution in [-0.4, -0.2) is 11.0 Å². The molecule has 2 bridgehead atoms. The average Bonchev–Trinajstić information content (AvgIpc) is 2.70. The SMILES string of the molecule is Cc1cccc(NC2C3C4CCC(C4)C23)n1. The molecule has 2 nitrogen and oxygen atoms in total. The largest absolute Gasteiger partial charge is 0.367 e. The van der Waals surface area contributed by atoms with Gasteiger partial charge in [0.05, 0.1) is 0 Å². The number of hydrogen-bond donors (Lipinski definition) is 1. The van der Waals surface area contributed by atoms with Gasteiger partial charge in [-0.3, -0.25) is 0 Å². The van der Waals surface area contributed by atoms with Crippen LogP contribution in [0.2, 0.25) is 0 Å². The minimum atomic E-state index is 0.751. The first-order chi connectivity index (χ1) is 7.83. The molecule has 1 heterocycles. The summed E-state index contributed by atoms with van der Waals surface area (Å²) >= 11 is 0. The summed E-state index contributed by atoms with van der Waals surface area (Å²) in [6.45, 7) is 2.06. The highest BCUT2D eigenvalue weighted by molar-refractivity contribution is 5.40. The zero-order chi connectivity index (χ0) is 10.7. The molecule has 1 aromatic rings. The van der Waals surface area contributed by atoms with Crippen LogP contribution >= 0.6 is 0 Å². The molecule has 3 aliphatic rings.